The molecule has 1 nitrogen and oxygen atoms in total. The molecular weight excluding hydrogens is 781 g/mol. The van der Waals surface area contributed by atoms with Crippen LogP contribution in [0.15, 0.2) is 97.1 Å². The van der Waals surface area contributed by atoms with Crippen LogP contribution in [0.25, 0.3) is 0 Å². The van der Waals surface area contributed by atoms with E-state index in [0.29, 0.717) is 0 Å². The van der Waals surface area contributed by atoms with E-state index in [1.54, 1.807) is 10.4 Å². The summed E-state index contributed by atoms with van der Waals surface area (Å²) >= 11 is 0. The molecule has 0 saturated heterocycles. The van der Waals surface area contributed by atoms with Crippen molar-refractivity contribution in [3.63, 3.8) is 0 Å². The highest BCUT2D eigenvalue weighted by atomic mass is 31.2. The first kappa shape index (κ1) is 49.8. The summed E-state index contributed by atoms with van der Waals surface area (Å²) in [7, 11) is -4.81. The molecule has 0 spiro atoms. The molecule has 0 bridgehead atoms. The van der Waals surface area contributed by atoms with Crippen molar-refractivity contribution in [1.82, 2.24) is 4.44 Å². The van der Waals surface area contributed by atoms with Crippen molar-refractivity contribution in [1.29, 1.82) is 0 Å². The highest BCUT2D eigenvalue weighted by Crippen LogP contribution is 2.55. The summed E-state index contributed by atoms with van der Waals surface area (Å²) in [6, 6.07) is 48.6. The molecule has 0 fully saturated rings. The molecule has 0 heterocycles. The Morgan fingerprint density at radius 1 is 0.373 bits per heavy atom. The Morgan fingerprint density at radius 2 is 0.661 bits per heavy atom. The highest BCUT2D eigenvalue weighted by molar-refractivity contribution is 7.84. The van der Waals surface area contributed by atoms with E-state index in [-0.39, 0.29) is 0 Å². The van der Waals surface area contributed by atoms with Crippen LogP contribution < -0.4 is 31.6 Å². The van der Waals surface area contributed by atoms with Crippen LogP contribution in [-0.4, -0.2) is 27.1 Å². The molecule has 0 aromatic heterocycles. The summed E-state index contributed by atoms with van der Waals surface area (Å²) in [4.78, 5) is 0. The molecule has 0 radical (unpaired) electrons. The first-order valence-corrected chi connectivity index (χ1v) is 32.3. The molecule has 4 aromatic carbocycles. The van der Waals surface area contributed by atoms with Gasteiger partial charge in [-0.2, -0.15) is 0 Å². The minimum atomic E-state index is -1.61. The van der Waals surface area contributed by atoms with E-state index >= 15 is 0 Å². The van der Waals surface area contributed by atoms with Gasteiger partial charge >= 0.3 is 0 Å². The molecule has 0 aliphatic rings. The van der Waals surface area contributed by atoms with E-state index in [1.165, 1.54) is 159 Å². The van der Waals surface area contributed by atoms with E-state index in [0.717, 1.165) is 6.54 Å². The van der Waals surface area contributed by atoms with Crippen LogP contribution in [0.3, 0.4) is 0 Å². The van der Waals surface area contributed by atoms with Crippen LogP contribution in [0.5, 0.6) is 0 Å². The summed E-state index contributed by atoms with van der Waals surface area (Å²) in [5.74, 6) is 0. The number of hydrogen-bond acceptors (Lipinski definition) is 1. The highest BCUT2D eigenvalue weighted by Gasteiger charge is 2.37. The summed E-state index contributed by atoms with van der Waals surface area (Å²) in [6.07, 6.45) is 18.5. The third-order valence-corrected chi connectivity index (χ3v) is 30.2. The fourth-order valence-electron chi connectivity index (χ4n) is 9.60. The van der Waals surface area contributed by atoms with Crippen molar-refractivity contribution in [3.8, 4) is 0 Å². The lowest BCUT2D eigenvalue weighted by atomic mass is 10.2. The van der Waals surface area contributed by atoms with Gasteiger partial charge in [0.1, 0.15) is 0 Å². The molecule has 2 unspecified atom stereocenters. The Morgan fingerprint density at radius 3 is 0.932 bits per heavy atom. The van der Waals surface area contributed by atoms with E-state index in [1.807, 2.05) is 0 Å². The first-order valence-electron chi connectivity index (χ1n) is 24.5. The molecule has 5 heteroatoms. The number of unbranched alkanes of at least 4 members (excludes halogenated alkanes) is 7. The van der Waals surface area contributed by atoms with Crippen molar-refractivity contribution >= 4 is 63.9 Å². The van der Waals surface area contributed by atoms with Gasteiger partial charge in [-0.05, 0) is 52.6 Å². The quantitative estimate of drug-likeness (QED) is 0.0388. The number of hydrogen-bond donors (Lipinski definition) is 0. The molecule has 324 valence electrons. The van der Waals surface area contributed by atoms with Crippen LogP contribution in [0.4, 0.5) is 0 Å². The zero-order chi connectivity index (χ0) is 42.5. The van der Waals surface area contributed by atoms with Gasteiger partial charge in [0.15, 0.2) is 0 Å². The third-order valence-electron chi connectivity index (χ3n) is 13.4. The minimum absolute atomic E-state index is 0.795. The maximum atomic E-state index is 3.05. The number of aryl methyl sites for hydroxylation is 2. The Hall–Kier alpha value is -1.87. The molecule has 59 heavy (non-hydrogen) atoms. The standard InChI is InChI=1S/C54H85NP2Si2/c1-10-17-40-55(56(53-30-26-24-28-47(53)8)49-32-36-51(37-33-49)58(41-18-11-2,42-19-12-3)43-20-13-4)57(54-31-27-25-29-48(54)9)50-34-38-52(39-35-50)59(44-21-14-5,45-22-15-6)46-23-16-7/h24-39H,10-23,40-46H2,1-9H3. The lowest BCUT2D eigenvalue weighted by Crippen LogP contribution is -2.48. The number of benzene rings is 4. The van der Waals surface area contributed by atoms with Crippen molar-refractivity contribution in [2.75, 3.05) is 6.54 Å². The molecule has 0 aliphatic heterocycles. The fraction of sp³-hybridized carbons (Fsp3) is 0.556. The largest absolute Gasteiger partial charge is 0.245 e. The van der Waals surface area contributed by atoms with Gasteiger partial charge in [-0.1, -0.05) is 276 Å². The fourth-order valence-corrected chi connectivity index (χ4v) is 27.1. The van der Waals surface area contributed by atoms with Crippen LogP contribution in [0.1, 0.15) is 149 Å². The summed E-state index contributed by atoms with van der Waals surface area (Å²) in [5.41, 5.74) is 2.85. The van der Waals surface area contributed by atoms with Gasteiger partial charge in [0.05, 0.1) is 16.1 Å². The van der Waals surface area contributed by atoms with Crippen LogP contribution in [0.2, 0.25) is 36.3 Å². The number of rotatable bonds is 29. The predicted octanol–water partition coefficient (Wildman–Crippen LogP) is 14.9. The van der Waals surface area contributed by atoms with Gasteiger partial charge in [-0.25, -0.2) is 4.44 Å². The molecule has 0 N–H and O–H groups in total. The van der Waals surface area contributed by atoms with E-state index < -0.39 is 32.3 Å². The molecule has 0 aliphatic carbocycles. The summed E-state index contributed by atoms with van der Waals surface area (Å²) < 4.78 is 3.05. The molecule has 4 rings (SSSR count). The Bertz CT molecular complexity index is 1570. The Kier molecular flexibility index (Phi) is 22.4. The maximum absolute atomic E-state index is 3.05. The maximum Gasteiger partial charge on any atom is 0.0867 e. The van der Waals surface area contributed by atoms with Gasteiger partial charge < -0.3 is 0 Å². The third kappa shape index (κ3) is 13.6. The summed E-state index contributed by atoms with van der Waals surface area (Å²) in [5, 5.41) is 9.58. The van der Waals surface area contributed by atoms with Gasteiger partial charge in [0.25, 0.3) is 0 Å². The van der Waals surface area contributed by atoms with Crippen LogP contribution >= 0.6 is 16.1 Å². The van der Waals surface area contributed by atoms with Gasteiger partial charge in [0, 0.05) is 22.7 Å². The molecule has 2 atom stereocenters. The van der Waals surface area contributed by atoms with Gasteiger partial charge in [0.2, 0.25) is 0 Å². The molecule has 4 aromatic rings. The monoisotopic (exact) mass is 866 g/mol. The molecular formula is C54H85NP2Si2. The zero-order valence-electron chi connectivity index (χ0n) is 39.4. The second-order valence-electron chi connectivity index (χ2n) is 17.9. The topological polar surface area (TPSA) is 3.24 Å². The van der Waals surface area contributed by atoms with Crippen LogP contribution in [-0.2, 0) is 0 Å². The van der Waals surface area contributed by atoms with Crippen molar-refractivity contribution in [2.24, 2.45) is 0 Å². The summed E-state index contributed by atoms with van der Waals surface area (Å²) in [6.45, 7) is 22.6. The normalized spacial score (nSPS) is 13.3. The average Bonchev–Trinajstić information content (AvgIpc) is 3.27. The van der Waals surface area contributed by atoms with Crippen molar-refractivity contribution in [2.45, 2.75) is 188 Å². The zero-order valence-corrected chi connectivity index (χ0v) is 43.2. The van der Waals surface area contributed by atoms with E-state index in [4.69, 9.17) is 0 Å². The minimum Gasteiger partial charge on any atom is -0.245 e. The van der Waals surface area contributed by atoms with Gasteiger partial charge in [-0.15, -0.1) is 0 Å². The smallest absolute Gasteiger partial charge is 0.0867 e. The van der Waals surface area contributed by atoms with E-state index in [2.05, 4.69) is 164 Å². The number of nitrogens with zero attached hydrogens (tertiary/aromatic N) is 1. The SMILES string of the molecule is CCCCN(P(c1ccc([Si](CCCC)(CCCC)CCCC)cc1)c1ccccc1C)P(c1ccc([Si](CCCC)(CCCC)CCCC)cc1)c1ccccc1C. The lowest BCUT2D eigenvalue weighted by molar-refractivity contribution is 0.646. The average molecular weight is 866 g/mol. The van der Waals surface area contributed by atoms with Gasteiger partial charge in [-0.3, -0.25) is 0 Å². The second-order valence-corrected chi connectivity index (χ2v) is 31.7. The second kappa shape index (κ2) is 26.6. The van der Waals surface area contributed by atoms with Crippen molar-refractivity contribution < 1.29 is 0 Å². The molecule has 0 saturated carbocycles. The van der Waals surface area contributed by atoms with E-state index in [9.17, 15) is 0 Å². The lowest BCUT2D eigenvalue weighted by Gasteiger charge is -2.41. The van der Waals surface area contributed by atoms with Crippen molar-refractivity contribution in [3.05, 3.63) is 108 Å². The Labute approximate surface area is 369 Å². The first-order chi connectivity index (χ1) is 28.8. The Balaban J connectivity index is 1.95. The molecule has 0 amide bonds. The predicted molar refractivity (Wildman–Crippen MR) is 278 cm³/mol. The van der Waals surface area contributed by atoms with Crippen LogP contribution in [0, 0.1) is 13.8 Å².